The maximum Gasteiger partial charge on any atom is 0.136 e. The number of benzene rings is 2. The zero-order chi connectivity index (χ0) is 28.3. The lowest BCUT2D eigenvalue weighted by atomic mass is 9.54. The smallest absolute Gasteiger partial charge is 0.136 e. The zero-order valence-corrected chi connectivity index (χ0v) is 25.4. The molecule has 2 saturated carbocycles. The van der Waals surface area contributed by atoms with Crippen LogP contribution in [0.5, 0.6) is 0 Å². The maximum atomic E-state index is 7.35. The van der Waals surface area contributed by atoms with Crippen molar-refractivity contribution >= 4 is 11.4 Å². The lowest BCUT2D eigenvalue weighted by Gasteiger charge is -2.65. The minimum absolute atomic E-state index is 0.0532. The monoisotopic (exact) mass is 586 g/mol. The molecule has 4 bridgehead atoms. The van der Waals surface area contributed by atoms with Crippen molar-refractivity contribution in [3.63, 3.8) is 0 Å². The van der Waals surface area contributed by atoms with Crippen molar-refractivity contribution in [1.82, 2.24) is 9.80 Å². The second kappa shape index (κ2) is 8.38. The van der Waals surface area contributed by atoms with E-state index < -0.39 is 0 Å². The van der Waals surface area contributed by atoms with Gasteiger partial charge in [-0.2, -0.15) is 0 Å². The van der Waals surface area contributed by atoms with Gasteiger partial charge < -0.3 is 19.3 Å². The van der Waals surface area contributed by atoms with E-state index in [1.807, 2.05) is 0 Å². The van der Waals surface area contributed by atoms with Gasteiger partial charge in [0.05, 0.1) is 19.3 Å². The van der Waals surface area contributed by atoms with Crippen LogP contribution in [0, 0.1) is 29.6 Å². The lowest BCUT2D eigenvalue weighted by Crippen LogP contribution is -2.75. The van der Waals surface area contributed by atoms with Crippen LogP contribution >= 0.6 is 0 Å². The van der Waals surface area contributed by atoms with Crippen LogP contribution in [0.3, 0.4) is 0 Å². The van der Waals surface area contributed by atoms with Crippen LogP contribution in [0.2, 0.25) is 0 Å². The van der Waals surface area contributed by atoms with Crippen molar-refractivity contribution in [2.45, 2.75) is 67.7 Å². The molecule has 44 heavy (non-hydrogen) atoms. The molecule has 12 atom stereocenters. The average molecular weight is 587 g/mol. The third-order valence-corrected chi connectivity index (χ3v) is 14.7. The first-order valence-electron chi connectivity index (χ1n) is 17.6. The summed E-state index contributed by atoms with van der Waals surface area (Å²) in [5.41, 5.74) is 7.90. The van der Waals surface area contributed by atoms with E-state index in [2.05, 4.69) is 86.3 Å². The van der Waals surface area contributed by atoms with Crippen LogP contribution in [0.25, 0.3) is 0 Å². The predicted octanol–water partition coefficient (Wildman–Crippen LogP) is 4.63. The number of nitrogens with zero attached hydrogens (tertiary/aromatic N) is 4. The first kappa shape index (κ1) is 24.6. The highest BCUT2D eigenvalue weighted by atomic mass is 16.5. The summed E-state index contributed by atoms with van der Waals surface area (Å²) in [5, 5.41) is 0. The average Bonchev–Trinajstić information content (AvgIpc) is 3.65. The summed E-state index contributed by atoms with van der Waals surface area (Å²) < 4.78 is 14.7. The Morgan fingerprint density at radius 3 is 2.34 bits per heavy atom. The number of para-hydroxylation sites is 2. The van der Waals surface area contributed by atoms with Crippen molar-refractivity contribution in [2.24, 2.45) is 29.6 Å². The summed E-state index contributed by atoms with van der Waals surface area (Å²) in [6.45, 7) is 6.19. The van der Waals surface area contributed by atoms with Crippen LogP contribution < -0.4 is 9.80 Å². The topological polar surface area (TPSA) is 31.4 Å². The van der Waals surface area contributed by atoms with Crippen molar-refractivity contribution in [3.05, 3.63) is 83.5 Å². The number of fused-ring (bicyclic) bond motifs is 4. The van der Waals surface area contributed by atoms with Gasteiger partial charge in [0.2, 0.25) is 0 Å². The van der Waals surface area contributed by atoms with E-state index in [0.29, 0.717) is 53.8 Å². The number of hydrogen-bond acceptors (Lipinski definition) is 6. The molecule has 5 saturated heterocycles. The standard InChI is InChI=1S/C38H42N4O2/c1-2-6-24(7-3-1)41-34-25-10-14-39-20-22-11-16-43-36(32(34)26(22)18-30(25)39)42-29-9-5-4-8-28(29)38-13-15-40-21-23-12-17-44-37(41)33(35(38)42)27(23)19-31(38)40/h1-9,11-12,25-27,30-37H,10,13-21H2. The first-order valence-corrected chi connectivity index (χ1v) is 17.6. The Morgan fingerprint density at radius 2 is 1.48 bits per heavy atom. The van der Waals surface area contributed by atoms with Gasteiger partial charge in [-0.1, -0.05) is 59.7 Å². The Morgan fingerprint density at radius 1 is 0.727 bits per heavy atom. The fourth-order valence-electron chi connectivity index (χ4n) is 13.5. The molecule has 2 aliphatic carbocycles. The van der Waals surface area contributed by atoms with Crippen molar-refractivity contribution in [3.8, 4) is 0 Å². The van der Waals surface area contributed by atoms with Crippen LogP contribution in [0.1, 0.15) is 31.2 Å². The van der Waals surface area contributed by atoms with Gasteiger partial charge in [-0.25, -0.2) is 0 Å². The summed E-state index contributed by atoms with van der Waals surface area (Å²) in [4.78, 5) is 11.5. The van der Waals surface area contributed by atoms with Crippen LogP contribution in [-0.4, -0.2) is 85.8 Å². The van der Waals surface area contributed by atoms with Gasteiger partial charge in [0.1, 0.15) is 12.5 Å². The highest BCUT2D eigenvalue weighted by Crippen LogP contribution is 2.67. The van der Waals surface area contributed by atoms with E-state index in [-0.39, 0.29) is 17.9 Å². The van der Waals surface area contributed by atoms with Gasteiger partial charge in [-0.05, 0) is 80.3 Å². The molecule has 1 spiro atoms. The first-order chi connectivity index (χ1) is 21.8. The molecule has 6 heteroatoms. The van der Waals surface area contributed by atoms with Crippen LogP contribution in [0.15, 0.2) is 77.9 Å². The minimum atomic E-state index is 0.0532. The summed E-state index contributed by atoms with van der Waals surface area (Å²) in [6.07, 6.45) is 10.2. The second-order valence-electron chi connectivity index (χ2n) is 15.7. The molecule has 6 nitrogen and oxygen atoms in total. The lowest BCUT2D eigenvalue weighted by molar-refractivity contribution is -0.105. The summed E-state index contributed by atoms with van der Waals surface area (Å²) >= 11 is 0. The molecule has 0 aromatic heterocycles. The number of ether oxygens (including phenoxy) is 2. The molecule has 8 heterocycles. The molecule has 12 unspecified atom stereocenters. The Labute approximate surface area is 260 Å². The molecule has 0 radical (unpaired) electrons. The molecular weight excluding hydrogens is 544 g/mol. The van der Waals surface area contributed by atoms with E-state index in [1.54, 1.807) is 16.7 Å². The summed E-state index contributed by atoms with van der Waals surface area (Å²) in [7, 11) is 0. The fourth-order valence-corrected chi connectivity index (χ4v) is 13.5. The van der Waals surface area contributed by atoms with E-state index in [4.69, 9.17) is 9.47 Å². The number of piperidine rings is 2. The Hall–Kier alpha value is -2.64. The van der Waals surface area contributed by atoms with Crippen molar-refractivity contribution < 1.29 is 9.47 Å². The molecule has 0 N–H and O–H groups in total. The summed E-state index contributed by atoms with van der Waals surface area (Å²) in [5.74, 6) is 2.56. The Bertz CT molecular complexity index is 1620. The highest BCUT2D eigenvalue weighted by Gasteiger charge is 2.73. The van der Waals surface area contributed by atoms with E-state index in [9.17, 15) is 0 Å². The van der Waals surface area contributed by atoms with Crippen molar-refractivity contribution in [2.75, 3.05) is 49.2 Å². The van der Waals surface area contributed by atoms with E-state index in [0.717, 1.165) is 26.3 Å². The predicted molar refractivity (Wildman–Crippen MR) is 169 cm³/mol. The Balaban J connectivity index is 1.17. The maximum absolute atomic E-state index is 7.35. The number of rotatable bonds is 1. The molecule has 2 aromatic rings. The van der Waals surface area contributed by atoms with E-state index >= 15 is 0 Å². The molecule has 12 rings (SSSR count). The SMILES string of the molecule is C1=C2CN3CCC4C3CC2C2C(OC1)N1c3ccccc3C35CCN6CC7=CCOC(C(C7CC63)C15)N(c1ccccc1)C42. The molecule has 0 amide bonds. The van der Waals surface area contributed by atoms with Gasteiger partial charge in [0.25, 0.3) is 0 Å². The third-order valence-electron chi connectivity index (χ3n) is 14.7. The Kier molecular flexibility index (Phi) is 4.68. The highest BCUT2D eigenvalue weighted by molar-refractivity contribution is 5.69. The molecule has 226 valence electrons. The van der Waals surface area contributed by atoms with Gasteiger partial charge in [-0.15, -0.1) is 0 Å². The van der Waals surface area contributed by atoms with Crippen LogP contribution in [-0.2, 0) is 14.9 Å². The molecular formula is C38H42N4O2. The zero-order valence-electron chi connectivity index (χ0n) is 25.4. The largest absolute Gasteiger partial charge is 0.354 e. The van der Waals surface area contributed by atoms with Gasteiger partial charge >= 0.3 is 0 Å². The number of hydrogen-bond donors (Lipinski definition) is 0. The third kappa shape index (κ3) is 2.74. The van der Waals surface area contributed by atoms with Gasteiger partial charge in [0.15, 0.2) is 0 Å². The van der Waals surface area contributed by atoms with Gasteiger partial charge in [-0.3, -0.25) is 9.80 Å². The minimum Gasteiger partial charge on any atom is -0.354 e. The van der Waals surface area contributed by atoms with Crippen LogP contribution in [0.4, 0.5) is 11.4 Å². The molecule has 7 fully saturated rings. The molecule has 10 aliphatic rings. The molecule has 2 aromatic carbocycles. The second-order valence-corrected chi connectivity index (χ2v) is 15.7. The fraction of sp³-hybridized carbons (Fsp3) is 0.579. The van der Waals surface area contributed by atoms with E-state index in [1.165, 1.54) is 50.1 Å². The van der Waals surface area contributed by atoms with Crippen molar-refractivity contribution in [1.29, 1.82) is 0 Å². The normalized spacial score (nSPS) is 47.2. The molecule has 8 aliphatic heterocycles. The van der Waals surface area contributed by atoms with Gasteiger partial charge in [0, 0.05) is 59.8 Å². The quantitative estimate of drug-likeness (QED) is 0.453. The summed E-state index contributed by atoms with van der Waals surface area (Å²) in [6, 6.07) is 23.1. The number of anilines is 2.